The summed E-state index contributed by atoms with van der Waals surface area (Å²) in [6.45, 7) is 1.12. The molecular weight excluding hydrogens is 284 g/mol. The fourth-order valence-corrected chi connectivity index (χ4v) is 3.48. The summed E-state index contributed by atoms with van der Waals surface area (Å²) in [6.07, 6.45) is 2.55. The highest BCUT2D eigenvalue weighted by atomic mass is 32.1. The summed E-state index contributed by atoms with van der Waals surface area (Å²) in [5, 5.41) is 2.89. The number of methoxy groups -OCH3 is 1. The first-order valence-electron chi connectivity index (χ1n) is 7.03. The minimum atomic E-state index is -0.251. The number of ether oxygens (including phenoxy) is 1. The summed E-state index contributed by atoms with van der Waals surface area (Å²) in [4.78, 5) is 18.1. The molecule has 0 spiro atoms. The first-order valence-corrected chi connectivity index (χ1v) is 7.91. The number of aromatic nitrogens is 1. The maximum atomic E-state index is 11.3. The van der Waals surface area contributed by atoms with Crippen molar-refractivity contribution in [1.82, 2.24) is 4.98 Å². The average Bonchev–Trinajstić information content (AvgIpc) is 2.95. The lowest BCUT2D eigenvalue weighted by atomic mass is 10.00. The van der Waals surface area contributed by atoms with Gasteiger partial charge in [-0.15, -0.1) is 11.3 Å². The van der Waals surface area contributed by atoms with Gasteiger partial charge in [0.15, 0.2) is 0 Å². The van der Waals surface area contributed by atoms with E-state index in [1.54, 1.807) is 11.3 Å². The van der Waals surface area contributed by atoms with E-state index in [1.165, 1.54) is 24.8 Å². The Balaban J connectivity index is 1.86. The van der Waals surface area contributed by atoms with Crippen molar-refractivity contribution in [3.63, 3.8) is 0 Å². The Labute approximate surface area is 128 Å². The molecule has 0 unspecified atom stereocenters. The largest absolute Gasteiger partial charge is 0.469 e. The fraction of sp³-hybridized carbons (Fsp3) is 0.375. The summed E-state index contributed by atoms with van der Waals surface area (Å²) in [6, 6.07) is 6.51. The van der Waals surface area contributed by atoms with Gasteiger partial charge >= 0.3 is 5.97 Å². The quantitative estimate of drug-likeness (QED) is 0.818. The van der Waals surface area contributed by atoms with Crippen LogP contribution < -0.4 is 4.90 Å². The molecule has 2 aromatic rings. The molecule has 110 valence electrons. The summed E-state index contributed by atoms with van der Waals surface area (Å²) in [5.41, 5.74) is 4.60. The number of rotatable bonds is 3. The van der Waals surface area contributed by atoms with Gasteiger partial charge < -0.3 is 9.64 Å². The van der Waals surface area contributed by atoms with Crippen molar-refractivity contribution in [3.8, 4) is 10.6 Å². The molecule has 0 amide bonds. The molecular formula is C16H18N2O2S. The zero-order valence-electron chi connectivity index (χ0n) is 12.3. The number of thiazole rings is 1. The lowest BCUT2D eigenvalue weighted by molar-refractivity contribution is -0.139. The molecule has 5 heteroatoms. The van der Waals surface area contributed by atoms with E-state index in [4.69, 9.17) is 0 Å². The number of carbonyl (C=O) groups is 1. The maximum Gasteiger partial charge on any atom is 0.311 e. The van der Waals surface area contributed by atoms with Crippen LogP contribution in [0.1, 0.15) is 17.7 Å². The number of aryl methyl sites for hydroxylation is 1. The molecule has 0 aliphatic carbocycles. The number of anilines is 1. The molecule has 0 atom stereocenters. The second kappa shape index (κ2) is 5.85. The van der Waals surface area contributed by atoms with E-state index in [2.05, 4.69) is 39.9 Å². The van der Waals surface area contributed by atoms with Crippen LogP contribution in [-0.4, -0.2) is 31.7 Å². The predicted octanol–water partition coefficient (Wildman–Crippen LogP) is 2.91. The first-order chi connectivity index (χ1) is 10.2. The zero-order valence-corrected chi connectivity index (χ0v) is 13.1. The van der Waals surface area contributed by atoms with Crippen LogP contribution in [0.15, 0.2) is 23.6 Å². The molecule has 1 aliphatic heterocycles. The molecule has 0 bridgehead atoms. The number of hydrogen-bond donors (Lipinski definition) is 0. The summed E-state index contributed by atoms with van der Waals surface area (Å²) < 4.78 is 4.68. The van der Waals surface area contributed by atoms with Crippen LogP contribution in [-0.2, 0) is 22.4 Å². The standard InChI is InChI=1S/C16H18N2O2S/c1-18-7-3-4-11-8-12(5-6-14(11)18)16-17-13(10-21-16)9-15(19)20-2/h5-6,8,10H,3-4,7,9H2,1-2H3. The number of hydrogen-bond acceptors (Lipinski definition) is 5. The summed E-state index contributed by atoms with van der Waals surface area (Å²) in [7, 11) is 3.53. The van der Waals surface area contributed by atoms with Crippen LogP contribution in [0.5, 0.6) is 0 Å². The van der Waals surface area contributed by atoms with Gasteiger partial charge in [0.1, 0.15) is 5.01 Å². The number of carbonyl (C=O) groups excluding carboxylic acids is 1. The van der Waals surface area contributed by atoms with Crippen LogP contribution in [0.3, 0.4) is 0 Å². The van der Waals surface area contributed by atoms with Crippen molar-refractivity contribution in [2.45, 2.75) is 19.3 Å². The summed E-state index contributed by atoms with van der Waals surface area (Å²) >= 11 is 1.57. The van der Waals surface area contributed by atoms with Crippen LogP contribution in [0, 0.1) is 0 Å². The first kappa shape index (κ1) is 14.1. The smallest absolute Gasteiger partial charge is 0.311 e. The van der Waals surface area contributed by atoms with Crippen molar-refractivity contribution in [3.05, 3.63) is 34.8 Å². The van der Waals surface area contributed by atoms with Gasteiger partial charge in [-0.25, -0.2) is 4.98 Å². The van der Waals surface area contributed by atoms with Gasteiger partial charge in [0.05, 0.1) is 19.2 Å². The van der Waals surface area contributed by atoms with E-state index in [0.29, 0.717) is 0 Å². The van der Waals surface area contributed by atoms with E-state index in [0.717, 1.165) is 29.2 Å². The molecule has 1 aromatic carbocycles. The Morgan fingerprint density at radius 1 is 1.48 bits per heavy atom. The van der Waals surface area contributed by atoms with Crippen LogP contribution in [0.2, 0.25) is 0 Å². The minimum Gasteiger partial charge on any atom is -0.469 e. The van der Waals surface area contributed by atoms with Crippen molar-refractivity contribution >= 4 is 23.0 Å². The van der Waals surface area contributed by atoms with Crippen LogP contribution >= 0.6 is 11.3 Å². The SMILES string of the molecule is COC(=O)Cc1csc(-c2ccc3c(c2)CCCN3C)n1. The van der Waals surface area contributed by atoms with Crippen LogP contribution in [0.4, 0.5) is 5.69 Å². The van der Waals surface area contributed by atoms with E-state index in [9.17, 15) is 4.79 Å². The topological polar surface area (TPSA) is 42.4 Å². The third-order valence-electron chi connectivity index (χ3n) is 3.78. The fourth-order valence-electron chi connectivity index (χ4n) is 2.66. The van der Waals surface area contributed by atoms with Gasteiger partial charge in [0, 0.05) is 30.2 Å². The maximum absolute atomic E-state index is 11.3. The van der Waals surface area contributed by atoms with Crippen LogP contribution in [0.25, 0.3) is 10.6 Å². The molecule has 4 nitrogen and oxygen atoms in total. The van der Waals surface area contributed by atoms with Crippen molar-refractivity contribution in [2.75, 3.05) is 25.6 Å². The van der Waals surface area contributed by atoms with Crippen molar-refractivity contribution in [2.24, 2.45) is 0 Å². The van der Waals surface area contributed by atoms with E-state index >= 15 is 0 Å². The van der Waals surface area contributed by atoms with Crippen molar-refractivity contribution in [1.29, 1.82) is 0 Å². The highest BCUT2D eigenvalue weighted by Gasteiger charge is 2.15. The Bertz CT molecular complexity index is 666. The third kappa shape index (κ3) is 2.93. The molecule has 2 heterocycles. The lowest BCUT2D eigenvalue weighted by Gasteiger charge is -2.27. The van der Waals surface area contributed by atoms with Crippen molar-refractivity contribution < 1.29 is 9.53 Å². The second-order valence-electron chi connectivity index (χ2n) is 5.27. The Kier molecular flexibility index (Phi) is 3.92. The monoisotopic (exact) mass is 302 g/mol. The Morgan fingerprint density at radius 3 is 3.14 bits per heavy atom. The molecule has 0 saturated heterocycles. The number of fused-ring (bicyclic) bond motifs is 1. The van der Waals surface area contributed by atoms with Gasteiger partial charge in [0.2, 0.25) is 0 Å². The van der Waals surface area contributed by atoms with Gasteiger partial charge in [-0.1, -0.05) is 0 Å². The Morgan fingerprint density at radius 2 is 2.33 bits per heavy atom. The zero-order chi connectivity index (χ0) is 14.8. The number of esters is 1. The van der Waals surface area contributed by atoms with Gasteiger partial charge in [-0.05, 0) is 36.6 Å². The second-order valence-corrected chi connectivity index (χ2v) is 6.12. The molecule has 21 heavy (non-hydrogen) atoms. The number of nitrogens with zero attached hydrogens (tertiary/aromatic N) is 2. The lowest BCUT2D eigenvalue weighted by Crippen LogP contribution is -2.24. The highest BCUT2D eigenvalue weighted by Crippen LogP contribution is 2.32. The molecule has 0 saturated carbocycles. The van der Waals surface area contributed by atoms with Gasteiger partial charge in [-0.2, -0.15) is 0 Å². The van der Waals surface area contributed by atoms with E-state index < -0.39 is 0 Å². The number of benzene rings is 1. The third-order valence-corrected chi connectivity index (χ3v) is 4.72. The Hall–Kier alpha value is -1.88. The van der Waals surface area contributed by atoms with E-state index in [-0.39, 0.29) is 12.4 Å². The highest BCUT2D eigenvalue weighted by molar-refractivity contribution is 7.13. The molecule has 1 aliphatic rings. The summed E-state index contributed by atoms with van der Waals surface area (Å²) in [5.74, 6) is -0.251. The van der Waals surface area contributed by atoms with E-state index in [1.807, 2.05) is 5.38 Å². The molecule has 3 rings (SSSR count). The molecule has 0 radical (unpaired) electrons. The molecule has 0 N–H and O–H groups in total. The minimum absolute atomic E-state index is 0.237. The molecule has 1 aromatic heterocycles. The normalized spacial score (nSPS) is 13.9. The average molecular weight is 302 g/mol. The molecule has 0 fully saturated rings. The van der Waals surface area contributed by atoms with Gasteiger partial charge in [0.25, 0.3) is 0 Å². The van der Waals surface area contributed by atoms with Gasteiger partial charge in [-0.3, -0.25) is 4.79 Å². The predicted molar refractivity (Wildman–Crippen MR) is 84.9 cm³/mol.